The van der Waals surface area contributed by atoms with Crippen molar-refractivity contribution in [3.63, 3.8) is 0 Å². The zero-order chi connectivity index (χ0) is 23.2. The van der Waals surface area contributed by atoms with Crippen LogP contribution in [0.15, 0.2) is 60.2 Å². The van der Waals surface area contributed by atoms with Gasteiger partial charge in [-0.2, -0.15) is 0 Å². The second kappa shape index (κ2) is 10.7. The van der Waals surface area contributed by atoms with Gasteiger partial charge in [0.15, 0.2) is 0 Å². The van der Waals surface area contributed by atoms with Crippen molar-refractivity contribution in [3.8, 4) is 17.0 Å². The summed E-state index contributed by atoms with van der Waals surface area (Å²) in [6.45, 7) is 7.37. The number of aromatic amines is 1. The molecule has 2 aromatic carbocycles. The summed E-state index contributed by atoms with van der Waals surface area (Å²) in [4.78, 5) is 18.8. The smallest absolute Gasteiger partial charge is 0.220 e. The Bertz CT molecular complexity index is 1100. The first-order chi connectivity index (χ1) is 16.0. The lowest BCUT2D eigenvalue weighted by molar-refractivity contribution is -0.122. The van der Waals surface area contributed by atoms with Crippen LogP contribution in [0, 0.1) is 0 Å². The Labute approximate surface area is 196 Å². The predicted octanol–water partition coefficient (Wildman–Crippen LogP) is 5.32. The highest BCUT2D eigenvalue weighted by atomic mass is 16.5. The highest BCUT2D eigenvalue weighted by Gasteiger charge is 2.21. The van der Waals surface area contributed by atoms with E-state index in [4.69, 9.17) is 4.74 Å². The first-order valence-electron chi connectivity index (χ1n) is 11.9. The number of hydrogen-bond donors (Lipinski definition) is 2. The van der Waals surface area contributed by atoms with Crippen molar-refractivity contribution in [3.05, 3.63) is 65.7 Å². The highest BCUT2D eigenvalue weighted by Crippen LogP contribution is 2.32. The van der Waals surface area contributed by atoms with Gasteiger partial charge in [0, 0.05) is 48.7 Å². The van der Waals surface area contributed by atoms with Crippen LogP contribution in [0.3, 0.4) is 0 Å². The molecule has 3 aromatic rings. The molecule has 0 spiro atoms. The quantitative estimate of drug-likeness (QED) is 0.461. The van der Waals surface area contributed by atoms with E-state index in [1.54, 1.807) is 7.11 Å². The number of piperidine rings is 1. The van der Waals surface area contributed by atoms with Crippen LogP contribution in [0.1, 0.15) is 38.7 Å². The molecule has 0 bridgehead atoms. The lowest BCUT2D eigenvalue weighted by Gasteiger charge is -2.31. The van der Waals surface area contributed by atoms with E-state index in [2.05, 4.69) is 65.5 Å². The maximum Gasteiger partial charge on any atom is 0.220 e. The van der Waals surface area contributed by atoms with Crippen LogP contribution in [0.25, 0.3) is 22.2 Å². The van der Waals surface area contributed by atoms with E-state index in [0.29, 0.717) is 12.8 Å². The zero-order valence-corrected chi connectivity index (χ0v) is 20.0. The van der Waals surface area contributed by atoms with Gasteiger partial charge in [0.1, 0.15) is 5.75 Å². The van der Waals surface area contributed by atoms with E-state index in [9.17, 15) is 4.79 Å². The molecule has 174 valence electrons. The second-order valence-electron chi connectivity index (χ2n) is 9.18. The number of aromatic nitrogens is 1. The monoisotopic (exact) mass is 445 g/mol. The van der Waals surface area contributed by atoms with Gasteiger partial charge in [-0.25, -0.2) is 0 Å². The molecule has 0 saturated carbocycles. The molecule has 0 aliphatic carbocycles. The number of fused-ring (bicyclic) bond motifs is 1. The lowest BCUT2D eigenvalue weighted by Crippen LogP contribution is -2.44. The fraction of sp³-hybridized carbons (Fsp3) is 0.393. The summed E-state index contributed by atoms with van der Waals surface area (Å²) in [6.07, 6.45) is 5.51. The third kappa shape index (κ3) is 5.85. The van der Waals surface area contributed by atoms with E-state index in [1.165, 1.54) is 16.5 Å². The number of benzene rings is 2. The number of rotatable bonds is 8. The highest BCUT2D eigenvalue weighted by molar-refractivity contribution is 5.91. The summed E-state index contributed by atoms with van der Waals surface area (Å²) >= 11 is 0. The summed E-state index contributed by atoms with van der Waals surface area (Å²) in [6, 6.07) is 16.7. The van der Waals surface area contributed by atoms with E-state index >= 15 is 0 Å². The largest absolute Gasteiger partial charge is 0.497 e. The molecule has 1 amide bonds. The van der Waals surface area contributed by atoms with E-state index in [-0.39, 0.29) is 11.9 Å². The average molecular weight is 446 g/mol. The van der Waals surface area contributed by atoms with Gasteiger partial charge in [0.05, 0.1) is 7.11 Å². The van der Waals surface area contributed by atoms with Gasteiger partial charge in [0.25, 0.3) is 0 Å². The van der Waals surface area contributed by atoms with Crippen molar-refractivity contribution < 1.29 is 9.53 Å². The maximum atomic E-state index is 12.8. The molecule has 4 rings (SSSR count). The SMILES string of the molecule is COc1ccc(-c2[nH]c3ccccc3c2CCC(=O)NC2CCN(CC=C(C)C)CC2)cc1. The van der Waals surface area contributed by atoms with Crippen molar-refractivity contribution in [1.29, 1.82) is 0 Å². The van der Waals surface area contributed by atoms with Crippen LogP contribution in [0.4, 0.5) is 0 Å². The van der Waals surface area contributed by atoms with Crippen LogP contribution in [-0.2, 0) is 11.2 Å². The van der Waals surface area contributed by atoms with Crippen LogP contribution >= 0.6 is 0 Å². The Morgan fingerprint density at radius 2 is 1.85 bits per heavy atom. The molecule has 0 radical (unpaired) electrons. The number of nitrogens with one attached hydrogen (secondary N) is 2. The molecule has 5 nitrogen and oxygen atoms in total. The fourth-order valence-corrected chi connectivity index (χ4v) is 4.57. The van der Waals surface area contributed by atoms with Crippen molar-refractivity contribution >= 4 is 16.8 Å². The third-order valence-electron chi connectivity index (χ3n) is 6.50. The number of nitrogens with zero attached hydrogens (tertiary/aromatic N) is 1. The first kappa shape index (κ1) is 23.1. The molecule has 33 heavy (non-hydrogen) atoms. The normalized spacial score (nSPS) is 14.9. The molecular weight excluding hydrogens is 410 g/mol. The topological polar surface area (TPSA) is 57.4 Å². The van der Waals surface area contributed by atoms with E-state index < -0.39 is 0 Å². The molecule has 5 heteroatoms. The molecule has 0 atom stereocenters. The lowest BCUT2D eigenvalue weighted by atomic mass is 10.00. The molecule has 1 aromatic heterocycles. The molecule has 2 N–H and O–H groups in total. The van der Waals surface area contributed by atoms with Crippen molar-refractivity contribution in [2.24, 2.45) is 0 Å². The molecule has 1 saturated heterocycles. The number of methoxy groups -OCH3 is 1. The van der Waals surface area contributed by atoms with Gasteiger partial charge in [-0.05, 0) is 74.6 Å². The summed E-state index contributed by atoms with van der Waals surface area (Å²) in [5.41, 5.74) is 5.84. The summed E-state index contributed by atoms with van der Waals surface area (Å²) in [5, 5.41) is 4.47. The Kier molecular flexibility index (Phi) is 7.50. The number of H-pyrrole nitrogens is 1. The Balaban J connectivity index is 1.40. The molecule has 2 heterocycles. The van der Waals surface area contributed by atoms with Gasteiger partial charge in [-0.1, -0.05) is 29.8 Å². The van der Waals surface area contributed by atoms with Crippen LogP contribution in [-0.4, -0.2) is 48.6 Å². The van der Waals surface area contributed by atoms with Gasteiger partial charge >= 0.3 is 0 Å². The van der Waals surface area contributed by atoms with Gasteiger partial charge in [-0.3, -0.25) is 9.69 Å². The average Bonchev–Trinajstić information content (AvgIpc) is 3.21. The first-order valence-corrected chi connectivity index (χ1v) is 11.9. The maximum absolute atomic E-state index is 12.8. The van der Waals surface area contributed by atoms with Crippen LogP contribution in [0.5, 0.6) is 5.75 Å². The van der Waals surface area contributed by atoms with Crippen molar-refractivity contribution in [1.82, 2.24) is 15.2 Å². The number of allylic oxidation sites excluding steroid dienone is 1. The Hall–Kier alpha value is -3.05. The predicted molar refractivity (Wildman–Crippen MR) is 136 cm³/mol. The summed E-state index contributed by atoms with van der Waals surface area (Å²) in [5.74, 6) is 0.978. The molecule has 1 aliphatic rings. The number of amides is 1. The van der Waals surface area contributed by atoms with Crippen LogP contribution < -0.4 is 10.1 Å². The number of carbonyl (C=O) groups is 1. The van der Waals surface area contributed by atoms with E-state index in [0.717, 1.165) is 55.0 Å². The Morgan fingerprint density at radius 1 is 1.12 bits per heavy atom. The van der Waals surface area contributed by atoms with Crippen molar-refractivity contribution in [2.45, 2.75) is 45.6 Å². The Morgan fingerprint density at radius 3 is 2.55 bits per heavy atom. The minimum atomic E-state index is 0.142. The van der Waals surface area contributed by atoms with Crippen molar-refractivity contribution in [2.75, 3.05) is 26.7 Å². The molecule has 1 aliphatic heterocycles. The van der Waals surface area contributed by atoms with Gasteiger partial charge < -0.3 is 15.0 Å². The molecule has 1 fully saturated rings. The number of carbonyl (C=O) groups excluding carboxylic acids is 1. The third-order valence-corrected chi connectivity index (χ3v) is 6.50. The van der Waals surface area contributed by atoms with Crippen LogP contribution in [0.2, 0.25) is 0 Å². The number of hydrogen-bond acceptors (Lipinski definition) is 3. The minimum Gasteiger partial charge on any atom is -0.497 e. The number of aryl methyl sites for hydroxylation is 1. The molecular formula is C28H35N3O2. The number of para-hydroxylation sites is 1. The number of likely N-dealkylation sites (tertiary alicyclic amines) is 1. The van der Waals surface area contributed by atoms with Gasteiger partial charge in [-0.15, -0.1) is 0 Å². The number of ether oxygens (including phenoxy) is 1. The standard InChI is InChI=1S/C28H35N3O2/c1-20(2)14-17-31-18-15-22(16-19-31)29-27(32)13-12-25-24-6-4-5-7-26(24)30-28(25)21-8-10-23(33-3)11-9-21/h4-11,14,22,30H,12-13,15-19H2,1-3H3,(H,29,32). The fourth-order valence-electron chi connectivity index (χ4n) is 4.57. The van der Waals surface area contributed by atoms with Gasteiger partial charge in [0.2, 0.25) is 5.91 Å². The minimum absolute atomic E-state index is 0.142. The summed E-state index contributed by atoms with van der Waals surface area (Å²) < 4.78 is 5.31. The summed E-state index contributed by atoms with van der Waals surface area (Å²) in [7, 11) is 1.68. The van der Waals surface area contributed by atoms with E-state index in [1.807, 2.05) is 18.2 Å². The zero-order valence-electron chi connectivity index (χ0n) is 20.0. The second-order valence-corrected chi connectivity index (χ2v) is 9.18. The molecule has 0 unspecified atom stereocenters.